The molecule has 0 fully saturated rings. The molecule has 6 nitrogen and oxygen atoms in total. The van der Waals surface area contributed by atoms with Gasteiger partial charge in [0, 0.05) is 18.3 Å². The highest BCUT2D eigenvalue weighted by molar-refractivity contribution is 7.07. The van der Waals surface area contributed by atoms with Gasteiger partial charge in [-0.25, -0.2) is 4.79 Å². The number of nitrogens with zero attached hydrogens (tertiary/aromatic N) is 2. The van der Waals surface area contributed by atoms with Crippen LogP contribution in [0.25, 0.3) is 0 Å². The minimum atomic E-state index is -0.153. The van der Waals surface area contributed by atoms with Crippen LogP contribution in [0.1, 0.15) is 95.1 Å². The molecule has 0 atom stereocenters. The molecule has 2 aromatic carbocycles. The third-order valence-electron chi connectivity index (χ3n) is 7.42. The quantitative estimate of drug-likeness (QED) is 0.108. The van der Waals surface area contributed by atoms with E-state index in [1.165, 1.54) is 76.2 Å². The van der Waals surface area contributed by atoms with Gasteiger partial charge in [0.2, 0.25) is 5.51 Å². The van der Waals surface area contributed by atoms with E-state index in [9.17, 15) is 4.79 Å². The number of anilines is 1. The van der Waals surface area contributed by atoms with Crippen molar-refractivity contribution in [3.63, 3.8) is 0 Å². The first kappa shape index (κ1) is 32.5. The molecule has 7 heteroatoms. The maximum atomic E-state index is 12.8. The Balaban J connectivity index is 1.46. The second kappa shape index (κ2) is 19.1. The van der Waals surface area contributed by atoms with Crippen molar-refractivity contribution < 1.29 is 18.8 Å². The summed E-state index contributed by atoms with van der Waals surface area (Å²) in [6.07, 6.45) is 17.9. The largest absolute Gasteiger partial charge is 0.493 e. The van der Waals surface area contributed by atoms with Crippen molar-refractivity contribution in [1.82, 2.24) is 5.32 Å². The van der Waals surface area contributed by atoms with Crippen molar-refractivity contribution in [2.75, 3.05) is 25.7 Å². The van der Waals surface area contributed by atoms with Gasteiger partial charge in [-0.15, -0.1) is 0 Å². The van der Waals surface area contributed by atoms with E-state index in [2.05, 4.69) is 46.0 Å². The van der Waals surface area contributed by atoms with E-state index in [1.54, 1.807) is 30.4 Å². The van der Waals surface area contributed by atoms with Gasteiger partial charge in [-0.3, -0.25) is 4.90 Å². The maximum absolute atomic E-state index is 12.8. The van der Waals surface area contributed by atoms with Crippen LogP contribution in [-0.2, 0) is 13.1 Å². The van der Waals surface area contributed by atoms with Gasteiger partial charge in [-0.2, -0.15) is 4.57 Å². The van der Waals surface area contributed by atoms with Gasteiger partial charge in [0.1, 0.15) is 0 Å². The van der Waals surface area contributed by atoms with Crippen molar-refractivity contribution in [3.8, 4) is 11.5 Å². The fourth-order valence-corrected chi connectivity index (χ4v) is 5.60. The summed E-state index contributed by atoms with van der Waals surface area (Å²) in [7, 11) is 3.33. The summed E-state index contributed by atoms with van der Waals surface area (Å²) in [5.74, 6) is 1.45. The van der Waals surface area contributed by atoms with Gasteiger partial charge in [0.05, 0.1) is 25.6 Å². The number of unbranched alkanes of at least 4 members (excludes halogenated alkanes) is 11. The number of carbonyl (C=O) groups is 1. The van der Waals surface area contributed by atoms with Crippen LogP contribution in [0.3, 0.4) is 0 Å². The van der Waals surface area contributed by atoms with Gasteiger partial charge < -0.3 is 14.8 Å². The molecule has 0 aliphatic rings. The third kappa shape index (κ3) is 11.8. The van der Waals surface area contributed by atoms with E-state index in [1.807, 2.05) is 30.3 Å². The number of thiazole rings is 1. The Labute approximate surface area is 251 Å². The van der Waals surface area contributed by atoms with Crippen LogP contribution in [0, 0.1) is 0 Å². The molecular weight excluding hydrogens is 530 g/mol. The molecule has 224 valence electrons. The summed E-state index contributed by atoms with van der Waals surface area (Å²) in [6, 6.07) is 13.9. The fourth-order valence-electron chi connectivity index (χ4n) is 5.00. The van der Waals surface area contributed by atoms with E-state index in [0.29, 0.717) is 13.2 Å². The maximum Gasteiger partial charge on any atom is 0.321 e. The summed E-state index contributed by atoms with van der Waals surface area (Å²) in [4.78, 5) is 14.6. The first-order valence-electron chi connectivity index (χ1n) is 15.4. The van der Waals surface area contributed by atoms with Crippen LogP contribution in [-0.4, -0.2) is 26.8 Å². The zero-order valence-corrected chi connectivity index (χ0v) is 26.2. The van der Waals surface area contributed by atoms with Gasteiger partial charge in [0.15, 0.2) is 24.2 Å². The fraction of sp³-hybridized carbons (Fsp3) is 0.529. The van der Waals surface area contributed by atoms with Crippen LogP contribution in [0.2, 0.25) is 0 Å². The summed E-state index contributed by atoms with van der Waals surface area (Å²) in [6.45, 7) is 4.18. The van der Waals surface area contributed by atoms with Crippen molar-refractivity contribution in [2.45, 2.75) is 97.1 Å². The summed E-state index contributed by atoms with van der Waals surface area (Å²) in [5, 5.41) is 4.84. The van der Waals surface area contributed by atoms with Crippen molar-refractivity contribution in [2.24, 2.45) is 0 Å². The topological polar surface area (TPSA) is 54.7 Å². The summed E-state index contributed by atoms with van der Waals surface area (Å²) >= 11 is 1.67. The summed E-state index contributed by atoms with van der Waals surface area (Å²) in [5.41, 5.74) is 5.11. The smallest absolute Gasteiger partial charge is 0.321 e. The van der Waals surface area contributed by atoms with Gasteiger partial charge in [0.25, 0.3) is 0 Å². The Hall–Kier alpha value is -3.06. The molecule has 1 N–H and O–H groups in total. The van der Waals surface area contributed by atoms with E-state index in [4.69, 9.17) is 9.47 Å². The van der Waals surface area contributed by atoms with Crippen LogP contribution in [0.4, 0.5) is 10.5 Å². The highest BCUT2D eigenvalue weighted by Gasteiger charge is 2.17. The first-order valence-corrected chi connectivity index (χ1v) is 16.4. The number of ether oxygens (including phenoxy) is 2. The number of methoxy groups -OCH3 is 1. The molecule has 0 saturated carbocycles. The lowest BCUT2D eigenvalue weighted by molar-refractivity contribution is -0.683. The van der Waals surface area contributed by atoms with Gasteiger partial charge in [-0.05, 0) is 36.2 Å². The highest BCUT2D eigenvalue weighted by atomic mass is 32.1. The number of urea groups is 1. The Morgan fingerprint density at radius 1 is 0.854 bits per heavy atom. The normalized spacial score (nSPS) is 10.9. The molecule has 0 radical (unpaired) electrons. The Morgan fingerprint density at radius 2 is 1.49 bits per heavy atom. The molecule has 1 heterocycles. The second-order valence-corrected chi connectivity index (χ2v) is 11.5. The van der Waals surface area contributed by atoms with Crippen molar-refractivity contribution >= 4 is 23.1 Å². The second-order valence-electron chi connectivity index (χ2n) is 10.7. The average Bonchev–Trinajstić information content (AvgIpc) is 3.51. The number of nitrogens with one attached hydrogen (secondary N) is 1. The summed E-state index contributed by atoms with van der Waals surface area (Å²) < 4.78 is 13.9. The molecule has 0 aliphatic heterocycles. The molecule has 3 rings (SSSR count). The number of hydrogen-bond donors (Lipinski definition) is 1. The highest BCUT2D eigenvalue weighted by Crippen LogP contribution is 2.30. The number of carbonyl (C=O) groups excluding carboxylic acids is 1. The van der Waals surface area contributed by atoms with E-state index < -0.39 is 0 Å². The lowest BCUT2D eigenvalue weighted by Gasteiger charge is -2.23. The molecule has 0 bridgehead atoms. The molecule has 41 heavy (non-hydrogen) atoms. The average molecular weight is 581 g/mol. The predicted octanol–water partition coefficient (Wildman–Crippen LogP) is 8.52. The van der Waals surface area contributed by atoms with Crippen molar-refractivity contribution in [1.29, 1.82) is 0 Å². The molecule has 2 amide bonds. The standard InChI is InChI=1S/C34H49N3O3S/c1-4-5-6-7-8-9-10-11-12-13-14-15-23-40-33-25-30(18-21-32(33)39-3)27-37(34(38)35-2)31-19-16-29(17-20-31)26-36-22-24-41-28-36/h16-22,24-25,28H,4-15,23,26-27H2,1-3H3/p+1. The number of amides is 2. The number of hydrogen-bond acceptors (Lipinski definition) is 4. The minimum absolute atomic E-state index is 0.153. The first-order chi connectivity index (χ1) is 20.1. The van der Waals surface area contributed by atoms with Crippen molar-refractivity contribution in [3.05, 3.63) is 70.7 Å². The molecular formula is C34H50N3O3S+. The monoisotopic (exact) mass is 580 g/mol. The molecule has 0 saturated heterocycles. The number of benzene rings is 2. The Bertz CT molecular complexity index is 1120. The van der Waals surface area contributed by atoms with Crippen LogP contribution in [0.15, 0.2) is 59.6 Å². The van der Waals surface area contributed by atoms with Gasteiger partial charge in [-0.1, -0.05) is 107 Å². The molecule has 0 spiro atoms. The third-order valence-corrected chi connectivity index (χ3v) is 8.09. The van der Waals surface area contributed by atoms with Crippen LogP contribution < -0.4 is 24.3 Å². The Kier molecular flexibility index (Phi) is 15.1. The number of rotatable bonds is 20. The lowest BCUT2D eigenvalue weighted by atomic mass is 10.1. The van der Waals surface area contributed by atoms with E-state index in [-0.39, 0.29) is 6.03 Å². The Morgan fingerprint density at radius 3 is 2.07 bits per heavy atom. The van der Waals surface area contributed by atoms with Crippen LogP contribution in [0.5, 0.6) is 11.5 Å². The molecule has 3 aromatic rings. The molecule has 1 aromatic heterocycles. The van der Waals surface area contributed by atoms with Crippen LogP contribution >= 0.6 is 11.3 Å². The SMILES string of the molecule is CCCCCCCCCCCCCCOc1cc(CN(C(=O)NC)c2ccc(C[n+]3ccsc3)cc2)ccc1OC. The minimum Gasteiger partial charge on any atom is -0.493 e. The number of aromatic nitrogens is 1. The predicted molar refractivity (Wildman–Crippen MR) is 170 cm³/mol. The van der Waals surface area contributed by atoms with Gasteiger partial charge >= 0.3 is 6.03 Å². The zero-order chi connectivity index (χ0) is 29.1. The molecule has 0 aliphatic carbocycles. The van der Waals surface area contributed by atoms with E-state index in [0.717, 1.165) is 35.7 Å². The van der Waals surface area contributed by atoms with E-state index >= 15 is 0 Å². The zero-order valence-electron chi connectivity index (χ0n) is 25.4. The molecule has 0 unspecified atom stereocenters. The lowest BCUT2D eigenvalue weighted by Crippen LogP contribution is -2.37.